The first kappa shape index (κ1) is 13.8. The number of aromatic hydroxyl groups is 1. The number of phenolic OH excluding ortho intramolecular Hbond substituents is 1. The molecule has 0 aromatic heterocycles. The Labute approximate surface area is 117 Å². The minimum Gasteiger partial charge on any atom is -0.505 e. The van der Waals surface area contributed by atoms with E-state index in [1.54, 1.807) is 12.1 Å². The SMILES string of the molecule is CC1CC(Nc2cc(Cl)c(O)c(Cl)c2)CC(C)O1. The van der Waals surface area contributed by atoms with E-state index >= 15 is 0 Å². The molecule has 3 nitrogen and oxygen atoms in total. The van der Waals surface area contributed by atoms with Crippen molar-refractivity contribution in [1.29, 1.82) is 0 Å². The third-order valence-corrected chi connectivity index (χ3v) is 3.66. The number of hydrogen-bond donors (Lipinski definition) is 2. The Bertz CT molecular complexity index is 406. The van der Waals surface area contributed by atoms with Gasteiger partial charge < -0.3 is 15.2 Å². The first-order chi connectivity index (χ1) is 8.45. The molecule has 1 aliphatic rings. The van der Waals surface area contributed by atoms with Crippen LogP contribution in [0.15, 0.2) is 12.1 Å². The van der Waals surface area contributed by atoms with Crippen molar-refractivity contribution in [3.05, 3.63) is 22.2 Å². The first-order valence-corrected chi connectivity index (χ1v) is 6.81. The normalized spacial score (nSPS) is 28.1. The van der Waals surface area contributed by atoms with Crippen LogP contribution in [0.4, 0.5) is 5.69 Å². The zero-order chi connectivity index (χ0) is 13.3. The smallest absolute Gasteiger partial charge is 0.152 e. The molecular weight excluding hydrogens is 273 g/mol. The highest BCUT2D eigenvalue weighted by Gasteiger charge is 2.24. The van der Waals surface area contributed by atoms with E-state index in [9.17, 15) is 5.11 Å². The molecular formula is C13H17Cl2NO2. The molecule has 2 rings (SSSR count). The van der Waals surface area contributed by atoms with E-state index in [0.717, 1.165) is 18.5 Å². The Morgan fingerprint density at radius 3 is 2.17 bits per heavy atom. The van der Waals surface area contributed by atoms with Gasteiger partial charge in [0.05, 0.1) is 22.3 Å². The number of anilines is 1. The number of halogens is 2. The standard InChI is InChI=1S/C13H17Cl2NO2/c1-7-3-9(4-8(2)18-7)16-10-5-11(14)13(17)12(15)6-10/h5-9,16-17H,3-4H2,1-2H3. The Morgan fingerprint density at radius 1 is 1.17 bits per heavy atom. The molecule has 0 radical (unpaired) electrons. The second kappa shape index (κ2) is 5.55. The second-order valence-corrected chi connectivity index (χ2v) is 5.67. The summed E-state index contributed by atoms with van der Waals surface area (Å²) in [7, 11) is 0. The van der Waals surface area contributed by atoms with Crippen LogP contribution in [0.3, 0.4) is 0 Å². The molecule has 0 aliphatic carbocycles. The maximum Gasteiger partial charge on any atom is 0.152 e. The minimum atomic E-state index is -0.0717. The lowest BCUT2D eigenvalue weighted by Crippen LogP contribution is -2.36. The molecule has 0 saturated carbocycles. The number of nitrogens with one attached hydrogen (secondary N) is 1. The molecule has 100 valence electrons. The van der Waals surface area contributed by atoms with Crippen LogP contribution in [-0.2, 0) is 4.74 Å². The van der Waals surface area contributed by atoms with Crippen molar-refractivity contribution in [3.8, 4) is 5.75 Å². The van der Waals surface area contributed by atoms with E-state index in [-0.39, 0.29) is 28.0 Å². The molecule has 2 N–H and O–H groups in total. The van der Waals surface area contributed by atoms with Gasteiger partial charge in [-0.1, -0.05) is 23.2 Å². The van der Waals surface area contributed by atoms with E-state index in [1.165, 1.54) is 0 Å². The quantitative estimate of drug-likeness (QED) is 0.807. The third-order valence-electron chi connectivity index (χ3n) is 3.09. The number of hydrogen-bond acceptors (Lipinski definition) is 3. The molecule has 18 heavy (non-hydrogen) atoms. The molecule has 5 heteroatoms. The van der Waals surface area contributed by atoms with Crippen LogP contribution in [0.2, 0.25) is 10.0 Å². The van der Waals surface area contributed by atoms with E-state index in [1.807, 2.05) is 0 Å². The third kappa shape index (κ3) is 3.22. The summed E-state index contributed by atoms with van der Waals surface area (Å²) in [6.45, 7) is 4.14. The van der Waals surface area contributed by atoms with Crippen LogP contribution in [0.25, 0.3) is 0 Å². The number of phenols is 1. The highest BCUT2D eigenvalue weighted by Crippen LogP contribution is 2.35. The van der Waals surface area contributed by atoms with Crippen molar-refractivity contribution in [3.63, 3.8) is 0 Å². The Kier molecular flexibility index (Phi) is 4.25. The van der Waals surface area contributed by atoms with Crippen molar-refractivity contribution in [2.75, 3.05) is 5.32 Å². The van der Waals surface area contributed by atoms with Crippen LogP contribution in [0, 0.1) is 0 Å². The van der Waals surface area contributed by atoms with E-state index in [4.69, 9.17) is 27.9 Å². The summed E-state index contributed by atoms with van der Waals surface area (Å²) in [5, 5.41) is 13.4. The van der Waals surface area contributed by atoms with E-state index < -0.39 is 0 Å². The van der Waals surface area contributed by atoms with Crippen LogP contribution < -0.4 is 5.32 Å². The summed E-state index contributed by atoms with van der Waals surface area (Å²) in [4.78, 5) is 0. The van der Waals surface area contributed by atoms with Crippen LogP contribution in [0.5, 0.6) is 5.75 Å². The van der Waals surface area contributed by atoms with Gasteiger partial charge in [-0.2, -0.15) is 0 Å². The number of benzene rings is 1. The lowest BCUT2D eigenvalue weighted by molar-refractivity contribution is -0.0337. The van der Waals surface area contributed by atoms with Gasteiger partial charge >= 0.3 is 0 Å². The average Bonchev–Trinajstić information content (AvgIpc) is 2.24. The lowest BCUT2D eigenvalue weighted by Gasteiger charge is -2.33. The molecule has 0 amide bonds. The molecule has 1 aromatic carbocycles. The van der Waals surface area contributed by atoms with Gasteiger partial charge in [0.25, 0.3) is 0 Å². The number of ether oxygens (including phenoxy) is 1. The van der Waals surface area contributed by atoms with E-state index in [0.29, 0.717) is 6.04 Å². The van der Waals surface area contributed by atoms with Crippen molar-refractivity contribution >= 4 is 28.9 Å². The summed E-state index contributed by atoms with van der Waals surface area (Å²) in [5.41, 5.74) is 0.828. The fraction of sp³-hybridized carbons (Fsp3) is 0.538. The van der Waals surface area contributed by atoms with Gasteiger partial charge in [-0.15, -0.1) is 0 Å². The van der Waals surface area contributed by atoms with Gasteiger partial charge in [0.2, 0.25) is 0 Å². The van der Waals surface area contributed by atoms with Gasteiger partial charge in [0.1, 0.15) is 0 Å². The number of rotatable bonds is 2. The Balaban J connectivity index is 2.09. The maximum absolute atomic E-state index is 9.51. The van der Waals surface area contributed by atoms with Gasteiger partial charge in [-0.3, -0.25) is 0 Å². The summed E-state index contributed by atoms with van der Waals surface area (Å²) in [5.74, 6) is -0.0717. The summed E-state index contributed by atoms with van der Waals surface area (Å²) in [6, 6.07) is 3.71. The van der Waals surface area contributed by atoms with Gasteiger partial charge in [0.15, 0.2) is 5.75 Å². The molecule has 0 bridgehead atoms. The lowest BCUT2D eigenvalue weighted by atomic mass is 9.99. The second-order valence-electron chi connectivity index (χ2n) is 4.86. The van der Waals surface area contributed by atoms with Crippen LogP contribution in [0.1, 0.15) is 26.7 Å². The van der Waals surface area contributed by atoms with Crippen molar-refractivity contribution < 1.29 is 9.84 Å². The zero-order valence-electron chi connectivity index (χ0n) is 10.4. The fourth-order valence-electron chi connectivity index (χ4n) is 2.41. The Hall–Kier alpha value is -0.640. The topological polar surface area (TPSA) is 41.5 Å². The summed E-state index contributed by atoms with van der Waals surface area (Å²) < 4.78 is 5.69. The van der Waals surface area contributed by atoms with Crippen LogP contribution >= 0.6 is 23.2 Å². The summed E-state index contributed by atoms with van der Waals surface area (Å²) >= 11 is 11.8. The van der Waals surface area contributed by atoms with E-state index in [2.05, 4.69) is 19.2 Å². The Morgan fingerprint density at radius 2 is 1.67 bits per heavy atom. The summed E-state index contributed by atoms with van der Waals surface area (Å²) in [6.07, 6.45) is 2.38. The molecule has 1 heterocycles. The van der Waals surface area contributed by atoms with Crippen molar-refractivity contribution in [2.45, 2.75) is 44.9 Å². The predicted molar refractivity (Wildman–Crippen MR) is 74.8 cm³/mol. The largest absolute Gasteiger partial charge is 0.505 e. The van der Waals surface area contributed by atoms with Crippen LogP contribution in [-0.4, -0.2) is 23.4 Å². The molecule has 1 fully saturated rings. The maximum atomic E-state index is 9.51. The zero-order valence-corrected chi connectivity index (χ0v) is 11.9. The van der Waals surface area contributed by atoms with Crippen molar-refractivity contribution in [2.24, 2.45) is 0 Å². The molecule has 1 aromatic rings. The highest BCUT2D eigenvalue weighted by molar-refractivity contribution is 6.37. The monoisotopic (exact) mass is 289 g/mol. The highest BCUT2D eigenvalue weighted by atomic mass is 35.5. The molecule has 1 aliphatic heterocycles. The first-order valence-electron chi connectivity index (χ1n) is 6.05. The average molecular weight is 290 g/mol. The van der Waals surface area contributed by atoms with Gasteiger partial charge in [0, 0.05) is 11.7 Å². The molecule has 2 atom stereocenters. The minimum absolute atomic E-state index is 0.0717. The van der Waals surface area contributed by atoms with Gasteiger partial charge in [-0.05, 0) is 38.8 Å². The predicted octanol–water partition coefficient (Wildman–Crippen LogP) is 4.07. The van der Waals surface area contributed by atoms with Crippen molar-refractivity contribution in [1.82, 2.24) is 0 Å². The molecule has 1 saturated heterocycles. The fourth-order valence-corrected chi connectivity index (χ4v) is 2.89. The van der Waals surface area contributed by atoms with Gasteiger partial charge in [-0.25, -0.2) is 0 Å². The molecule has 2 unspecified atom stereocenters. The molecule has 0 spiro atoms.